The van der Waals surface area contributed by atoms with Gasteiger partial charge in [0, 0.05) is 12.4 Å². The van der Waals surface area contributed by atoms with Crippen LogP contribution in [0.25, 0.3) is 0 Å². The summed E-state index contributed by atoms with van der Waals surface area (Å²) >= 11 is 4.05. The van der Waals surface area contributed by atoms with E-state index in [2.05, 4.69) is 27.7 Å². The molecule has 0 fully saturated rings. The van der Waals surface area contributed by atoms with Gasteiger partial charge in [0.1, 0.15) is 6.34 Å². The lowest BCUT2D eigenvalue weighted by Gasteiger charge is -1.58. The molecule has 0 atom stereocenters. The van der Waals surface area contributed by atoms with Crippen LogP contribution in [0.1, 0.15) is 0 Å². The van der Waals surface area contributed by atoms with Crippen molar-refractivity contribution in [2.45, 2.75) is 0 Å². The summed E-state index contributed by atoms with van der Waals surface area (Å²) < 4.78 is 3.02. The summed E-state index contributed by atoms with van der Waals surface area (Å²) in [5.41, 5.74) is 0. The maximum absolute atomic E-state index is 4.55. The van der Waals surface area contributed by atoms with Crippen LogP contribution in [0.3, 0.4) is 0 Å². The van der Waals surface area contributed by atoms with Crippen LogP contribution < -0.4 is 5.84 Å². The van der Waals surface area contributed by atoms with Gasteiger partial charge in [0.25, 0.3) is 0 Å². The topological polar surface area (TPSA) is 50.7 Å². The van der Waals surface area contributed by atoms with Crippen molar-refractivity contribution in [3.8, 4) is 0 Å². The molecule has 2 N–H and O–H groups in total. The van der Waals surface area contributed by atoms with Gasteiger partial charge in [0.05, 0.1) is 0 Å². The third-order valence-electron chi connectivity index (χ3n) is 0.114. The largest absolute Gasteiger partial charge is 0.322 e. The Morgan fingerprint density at radius 3 is 2.40 bits per heavy atom. The molecule has 3 nitrogen and oxygen atoms in total. The van der Waals surface area contributed by atoms with Gasteiger partial charge in [0.15, 0.2) is 0 Å². The Labute approximate surface area is 35.0 Å². The summed E-state index contributed by atoms with van der Waals surface area (Å²) in [6.07, 6.45) is 1.09. The Morgan fingerprint density at radius 2 is 2.40 bits per heavy atom. The molecule has 0 saturated carbocycles. The Balaban J connectivity index is 2.92. The molecule has 0 spiro atoms. The van der Waals surface area contributed by atoms with Gasteiger partial charge in [-0.15, -0.1) is 0 Å². The minimum absolute atomic E-state index is 1.09. The second-order valence-electron chi connectivity index (χ2n) is 0.370. The third kappa shape index (κ3) is 3.49. The fourth-order valence-electron chi connectivity index (χ4n) is 0.0272. The van der Waals surface area contributed by atoms with Crippen molar-refractivity contribution < 1.29 is 0 Å². The van der Waals surface area contributed by atoms with Crippen LogP contribution in [0.4, 0.5) is 0 Å². The molecule has 0 bridgehead atoms. The maximum atomic E-state index is 4.55. The normalized spacial score (nSPS) is 8.80. The van der Waals surface area contributed by atoms with E-state index in [-0.39, 0.29) is 0 Å². The number of nitrogens with zero attached hydrogens (tertiary/aromatic N) is 2. The summed E-state index contributed by atoms with van der Waals surface area (Å²) in [5.74, 6) is 4.55. The van der Waals surface area contributed by atoms with Gasteiger partial charge >= 0.3 is 0 Å². The lowest BCUT2D eigenvalue weighted by atomic mass is 11.4. The summed E-state index contributed by atoms with van der Waals surface area (Å²) in [5, 5.41) is 2.96. The first-order valence-electron chi connectivity index (χ1n) is 0.957. The van der Waals surface area contributed by atoms with Crippen molar-refractivity contribution in [1.82, 2.24) is 0 Å². The molecular weight excluding hydrogens is 86.1 g/mol. The van der Waals surface area contributed by atoms with E-state index in [1.165, 1.54) is 0 Å². The van der Waals surface area contributed by atoms with E-state index in [0.717, 1.165) is 6.34 Å². The molecule has 0 aromatic heterocycles. The Kier molecular flexibility index (Phi) is 3.13. The van der Waals surface area contributed by atoms with E-state index in [4.69, 9.17) is 0 Å². The molecule has 0 aliphatic heterocycles. The molecule has 28 valence electrons. The van der Waals surface area contributed by atoms with E-state index >= 15 is 0 Å². The predicted molar refractivity (Wildman–Crippen MR) is 22.5 cm³/mol. The second-order valence-corrected chi connectivity index (χ2v) is 0.581. The zero-order chi connectivity index (χ0) is 4.12. The maximum Gasteiger partial charge on any atom is 0.148 e. The van der Waals surface area contributed by atoms with Gasteiger partial charge in [0.2, 0.25) is 0 Å². The minimum Gasteiger partial charge on any atom is -0.322 e. The van der Waals surface area contributed by atoms with Crippen molar-refractivity contribution in [1.29, 1.82) is 0 Å². The third-order valence-corrected chi connectivity index (χ3v) is 0.208. The average molecular weight is 89.1 g/mol. The van der Waals surface area contributed by atoms with Gasteiger partial charge in [-0.05, 0) is 0 Å². The minimum atomic E-state index is 1.09. The quantitative estimate of drug-likeness (QED) is 0.206. The van der Waals surface area contributed by atoms with Crippen LogP contribution in [0.15, 0.2) is 9.46 Å². The van der Waals surface area contributed by atoms with E-state index in [1.54, 1.807) is 0 Å². The number of hydrazone groups is 1. The predicted octanol–water partition coefficient (Wildman–Crippen LogP) is -0.381. The van der Waals surface area contributed by atoms with Gasteiger partial charge in [-0.2, -0.15) is 9.46 Å². The molecule has 0 heterocycles. The molecule has 0 rings (SSSR count). The molecule has 0 amide bonds. The zero-order valence-electron chi connectivity index (χ0n) is 2.46. The number of hydrogen-bond acceptors (Lipinski definition) is 3. The SMILES string of the molecule is NN=CN=S. The van der Waals surface area contributed by atoms with Crippen LogP contribution in [0.2, 0.25) is 0 Å². The highest BCUT2D eigenvalue weighted by atomic mass is 32.1. The summed E-state index contributed by atoms with van der Waals surface area (Å²) in [6.45, 7) is 0. The fourth-order valence-corrected chi connectivity index (χ4v) is 0.0816. The molecule has 0 aromatic rings. The number of nitrogens with two attached hydrogens (primary N) is 1. The van der Waals surface area contributed by atoms with Crippen molar-refractivity contribution in [3.05, 3.63) is 0 Å². The Hall–Kier alpha value is -0.510. The lowest BCUT2D eigenvalue weighted by molar-refractivity contribution is 1.26. The number of rotatable bonds is 1. The first kappa shape index (κ1) is 4.49. The molecule has 0 aliphatic rings. The highest BCUT2D eigenvalue weighted by Crippen LogP contribution is 1.43. The van der Waals surface area contributed by atoms with Crippen LogP contribution in [0.5, 0.6) is 0 Å². The van der Waals surface area contributed by atoms with Gasteiger partial charge < -0.3 is 5.84 Å². The first-order chi connectivity index (χ1) is 2.41. The van der Waals surface area contributed by atoms with Crippen molar-refractivity contribution >= 4 is 18.8 Å². The van der Waals surface area contributed by atoms with Crippen LogP contribution >= 0.6 is 0 Å². The molecule has 0 unspecified atom stereocenters. The smallest absolute Gasteiger partial charge is 0.148 e. The van der Waals surface area contributed by atoms with E-state index in [9.17, 15) is 0 Å². The van der Waals surface area contributed by atoms with Crippen molar-refractivity contribution in [3.63, 3.8) is 0 Å². The van der Waals surface area contributed by atoms with E-state index in [1.807, 2.05) is 0 Å². The van der Waals surface area contributed by atoms with E-state index < -0.39 is 0 Å². The zero-order valence-corrected chi connectivity index (χ0v) is 3.27. The van der Waals surface area contributed by atoms with Crippen LogP contribution in [0, 0.1) is 0 Å². The molecule has 0 saturated heterocycles. The Bertz CT molecular complexity index is 48.9. The monoisotopic (exact) mass is 89.0 g/mol. The molecule has 0 radical (unpaired) electrons. The van der Waals surface area contributed by atoms with Crippen LogP contribution in [-0.4, -0.2) is 6.34 Å². The van der Waals surface area contributed by atoms with Gasteiger partial charge in [-0.25, -0.2) is 0 Å². The molecule has 0 aliphatic carbocycles. The van der Waals surface area contributed by atoms with Gasteiger partial charge in [-0.3, -0.25) is 0 Å². The Morgan fingerprint density at radius 1 is 1.80 bits per heavy atom. The standard InChI is InChI=1S/CH3N3S/c2-3-1-4-5/h1H,2H2. The summed E-state index contributed by atoms with van der Waals surface area (Å²) in [7, 11) is 0. The molecule has 5 heavy (non-hydrogen) atoms. The summed E-state index contributed by atoms with van der Waals surface area (Å²) in [6, 6.07) is 0. The van der Waals surface area contributed by atoms with Gasteiger partial charge in [-0.1, -0.05) is 0 Å². The summed E-state index contributed by atoms with van der Waals surface area (Å²) in [4.78, 5) is 0. The van der Waals surface area contributed by atoms with Crippen LogP contribution in [-0.2, 0) is 12.4 Å². The molecule has 0 aromatic carbocycles. The highest BCUT2D eigenvalue weighted by Gasteiger charge is 1.44. The first-order valence-corrected chi connectivity index (χ1v) is 1.32. The van der Waals surface area contributed by atoms with E-state index in [0.29, 0.717) is 0 Å². The fraction of sp³-hybridized carbons (Fsp3) is 0. The molecular formula is CH3N3S. The second kappa shape index (κ2) is 3.49. The highest BCUT2D eigenvalue weighted by molar-refractivity contribution is 7.47. The molecule has 4 heteroatoms. The number of hydrogen-bond donors (Lipinski definition) is 1. The van der Waals surface area contributed by atoms with Crippen molar-refractivity contribution in [2.75, 3.05) is 0 Å². The lowest BCUT2D eigenvalue weighted by Crippen LogP contribution is -1.75. The average Bonchev–Trinajstić information content (AvgIpc) is 1.41. The van der Waals surface area contributed by atoms with Crippen molar-refractivity contribution in [2.24, 2.45) is 15.3 Å².